The number of nitrogens with one attached hydrogen (secondary N) is 2. The van der Waals surface area contributed by atoms with Crippen LogP contribution in [0.3, 0.4) is 0 Å². The van der Waals surface area contributed by atoms with E-state index in [0.717, 1.165) is 0 Å². The number of hydrogen-bond donors (Lipinski definition) is 2. The molecule has 2 aromatic carbocycles. The van der Waals surface area contributed by atoms with E-state index < -0.39 is 10.9 Å². The van der Waals surface area contributed by atoms with Gasteiger partial charge in [0.2, 0.25) is 0 Å². The van der Waals surface area contributed by atoms with Crippen LogP contribution in [0.25, 0.3) is 0 Å². The van der Waals surface area contributed by atoms with Gasteiger partial charge in [-0.15, -0.1) is 0 Å². The first-order chi connectivity index (χ1) is 11.9. The molecule has 2 rings (SSSR count). The van der Waals surface area contributed by atoms with Gasteiger partial charge < -0.3 is 15.4 Å². The van der Waals surface area contributed by atoms with Gasteiger partial charge >= 0.3 is 5.97 Å². The van der Waals surface area contributed by atoms with Crippen molar-refractivity contribution in [1.29, 1.82) is 0 Å². The summed E-state index contributed by atoms with van der Waals surface area (Å²) in [6.07, 6.45) is 0. The van der Waals surface area contributed by atoms with Crippen molar-refractivity contribution >= 4 is 52.0 Å². The van der Waals surface area contributed by atoms with Gasteiger partial charge in [0.15, 0.2) is 5.11 Å². The molecular formula is C16H14ClN3O4S. The smallest absolute Gasteiger partial charge is 0.338 e. The molecule has 0 aliphatic carbocycles. The SMILES string of the molecule is CCOC(=O)c1ccc(NC(=S)Nc2ccc(Cl)c([N+](=O)[O-])c2)cc1. The number of nitro benzene ring substituents is 1. The minimum Gasteiger partial charge on any atom is -0.462 e. The van der Waals surface area contributed by atoms with E-state index in [1.54, 1.807) is 37.3 Å². The summed E-state index contributed by atoms with van der Waals surface area (Å²) in [5.41, 5.74) is 1.29. The van der Waals surface area contributed by atoms with E-state index >= 15 is 0 Å². The van der Waals surface area contributed by atoms with Crippen LogP contribution < -0.4 is 10.6 Å². The Balaban J connectivity index is 2.02. The molecule has 0 aromatic heterocycles. The van der Waals surface area contributed by atoms with Crippen molar-refractivity contribution in [2.75, 3.05) is 17.2 Å². The highest BCUT2D eigenvalue weighted by molar-refractivity contribution is 7.80. The van der Waals surface area contributed by atoms with Gasteiger partial charge in [-0.2, -0.15) is 0 Å². The topological polar surface area (TPSA) is 93.5 Å². The van der Waals surface area contributed by atoms with Crippen molar-refractivity contribution in [2.45, 2.75) is 6.92 Å². The monoisotopic (exact) mass is 379 g/mol. The van der Waals surface area contributed by atoms with E-state index in [4.69, 9.17) is 28.6 Å². The molecule has 0 unspecified atom stereocenters. The van der Waals surface area contributed by atoms with Crippen LogP contribution in [0.5, 0.6) is 0 Å². The molecule has 0 bridgehead atoms. The lowest BCUT2D eigenvalue weighted by Crippen LogP contribution is -2.19. The van der Waals surface area contributed by atoms with E-state index in [1.807, 2.05) is 0 Å². The van der Waals surface area contributed by atoms with E-state index in [-0.39, 0.29) is 15.8 Å². The van der Waals surface area contributed by atoms with Crippen molar-refractivity contribution in [3.63, 3.8) is 0 Å². The lowest BCUT2D eigenvalue weighted by atomic mass is 10.2. The van der Waals surface area contributed by atoms with Gasteiger partial charge in [0.05, 0.1) is 17.1 Å². The van der Waals surface area contributed by atoms with Gasteiger partial charge in [-0.3, -0.25) is 10.1 Å². The Morgan fingerprint density at radius 1 is 1.20 bits per heavy atom. The van der Waals surface area contributed by atoms with Crippen molar-refractivity contribution in [2.24, 2.45) is 0 Å². The molecule has 0 fully saturated rings. The minimum atomic E-state index is -0.571. The maximum Gasteiger partial charge on any atom is 0.338 e. The van der Waals surface area contributed by atoms with Gasteiger partial charge in [-0.1, -0.05) is 11.6 Å². The Kier molecular flexibility index (Phi) is 6.26. The van der Waals surface area contributed by atoms with Gasteiger partial charge in [0.25, 0.3) is 5.69 Å². The van der Waals surface area contributed by atoms with Crippen LogP contribution >= 0.6 is 23.8 Å². The third-order valence-corrected chi connectivity index (χ3v) is 3.58. The normalized spacial score (nSPS) is 10.0. The highest BCUT2D eigenvalue weighted by Gasteiger charge is 2.13. The van der Waals surface area contributed by atoms with Gasteiger partial charge in [0, 0.05) is 17.4 Å². The number of thiocarbonyl (C=S) groups is 1. The molecule has 2 aromatic rings. The Morgan fingerprint density at radius 2 is 1.80 bits per heavy atom. The molecule has 7 nitrogen and oxygen atoms in total. The summed E-state index contributed by atoms with van der Waals surface area (Å²) < 4.78 is 4.90. The molecule has 0 heterocycles. The quantitative estimate of drug-likeness (QED) is 0.347. The first-order valence-corrected chi connectivity index (χ1v) is 7.98. The van der Waals surface area contributed by atoms with E-state index in [0.29, 0.717) is 23.5 Å². The van der Waals surface area contributed by atoms with Crippen molar-refractivity contribution in [3.8, 4) is 0 Å². The number of nitro groups is 1. The van der Waals surface area contributed by atoms with Crippen LogP contribution in [0.15, 0.2) is 42.5 Å². The molecule has 0 amide bonds. The van der Waals surface area contributed by atoms with E-state index in [1.165, 1.54) is 12.1 Å². The van der Waals surface area contributed by atoms with Crippen LogP contribution in [-0.4, -0.2) is 22.6 Å². The van der Waals surface area contributed by atoms with Gasteiger partial charge in [-0.05, 0) is 55.5 Å². The van der Waals surface area contributed by atoms with Crippen LogP contribution in [0, 0.1) is 10.1 Å². The largest absolute Gasteiger partial charge is 0.462 e. The van der Waals surface area contributed by atoms with Gasteiger partial charge in [-0.25, -0.2) is 4.79 Å². The number of esters is 1. The average Bonchev–Trinajstić information content (AvgIpc) is 2.57. The predicted molar refractivity (Wildman–Crippen MR) is 100 cm³/mol. The fourth-order valence-corrected chi connectivity index (χ4v) is 2.35. The minimum absolute atomic E-state index is 0.0454. The predicted octanol–water partition coefficient (Wildman–Crippen LogP) is 4.23. The standard InChI is InChI=1S/C16H14ClN3O4S/c1-2-24-15(21)10-3-5-11(6-4-10)18-16(25)19-12-7-8-13(17)14(9-12)20(22)23/h3-9H,2H2,1H3,(H2,18,19,25). The number of halogens is 1. The Morgan fingerprint density at radius 3 is 2.40 bits per heavy atom. The summed E-state index contributed by atoms with van der Waals surface area (Å²) in [5, 5.41) is 16.9. The highest BCUT2D eigenvalue weighted by Crippen LogP contribution is 2.27. The Hall–Kier alpha value is -2.71. The zero-order valence-electron chi connectivity index (χ0n) is 13.1. The third kappa shape index (κ3) is 5.13. The summed E-state index contributed by atoms with van der Waals surface area (Å²) in [4.78, 5) is 21.9. The van der Waals surface area contributed by atoms with Gasteiger partial charge in [0.1, 0.15) is 5.02 Å². The van der Waals surface area contributed by atoms with Crippen molar-refractivity contribution < 1.29 is 14.5 Å². The Labute approximate surface area is 154 Å². The molecule has 0 atom stereocenters. The molecule has 0 spiro atoms. The fourth-order valence-electron chi connectivity index (χ4n) is 1.93. The third-order valence-electron chi connectivity index (χ3n) is 3.05. The van der Waals surface area contributed by atoms with Crippen LogP contribution in [0.2, 0.25) is 5.02 Å². The second kappa shape index (κ2) is 8.41. The molecule has 9 heteroatoms. The number of hydrogen-bond acceptors (Lipinski definition) is 5. The molecule has 0 saturated heterocycles. The molecule has 25 heavy (non-hydrogen) atoms. The number of benzene rings is 2. The number of anilines is 2. The summed E-state index contributed by atoms with van der Waals surface area (Å²) in [7, 11) is 0. The number of carbonyl (C=O) groups excluding carboxylic acids is 1. The first kappa shape index (κ1) is 18.6. The molecule has 0 aliphatic rings. The first-order valence-electron chi connectivity index (χ1n) is 7.20. The average molecular weight is 380 g/mol. The molecule has 2 N–H and O–H groups in total. The molecule has 0 saturated carbocycles. The van der Waals surface area contributed by atoms with Crippen LogP contribution in [0.4, 0.5) is 17.1 Å². The number of rotatable bonds is 5. The zero-order valence-corrected chi connectivity index (χ0v) is 14.7. The van der Waals surface area contributed by atoms with Crippen LogP contribution in [-0.2, 0) is 4.74 Å². The number of ether oxygens (including phenoxy) is 1. The summed E-state index contributed by atoms with van der Waals surface area (Å²) in [5.74, 6) is -0.400. The summed E-state index contributed by atoms with van der Waals surface area (Å²) in [6.45, 7) is 2.04. The second-order valence-electron chi connectivity index (χ2n) is 4.80. The molecule has 0 radical (unpaired) electrons. The van der Waals surface area contributed by atoms with E-state index in [9.17, 15) is 14.9 Å². The highest BCUT2D eigenvalue weighted by atomic mass is 35.5. The lowest BCUT2D eigenvalue weighted by molar-refractivity contribution is -0.384. The molecular weight excluding hydrogens is 366 g/mol. The summed E-state index contributed by atoms with van der Waals surface area (Å²) in [6, 6.07) is 10.8. The molecule has 130 valence electrons. The van der Waals surface area contributed by atoms with E-state index in [2.05, 4.69) is 10.6 Å². The second-order valence-corrected chi connectivity index (χ2v) is 5.62. The number of nitrogens with zero attached hydrogens (tertiary/aromatic N) is 1. The Bertz CT molecular complexity index is 812. The zero-order chi connectivity index (χ0) is 18.4. The van der Waals surface area contributed by atoms with Crippen molar-refractivity contribution in [1.82, 2.24) is 0 Å². The molecule has 0 aliphatic heterocycles. The number of carbonyl (C=O) groups is 1. The van der Waals surface area contributed by atoms with Crippen molar-refractivity contribution in [3.05, 3.63) is 63.2 Å². The maximum absolute atomic E-state index is 11.6. The maximum atomic E-state index is 11.6. The summed E-state index contributed by atoms with van der Waals surface area (Å²) >= 11 is 10.9. The lowest BCUT2D eigenvalue weighted by Gasteiger charge is -2.11. The van der Waals surface area contributed by atoms with Crippen LogP contribution in [0.1, 0.15) is 17.3 Å². The fraction of sp³-hybridized carbons (Fsp3) is 0.125.